The van der Waals surface area contributed by atoms with E-state index >= 15 is 4.79 Å². The summed E-state index contributed by atoms with van der Waals surface area (Å²) >= 11 is 0. The molecule has 2 bridgehead atoms. The van der Waals surface area contributed by atoms with E-state index in [4.69, 9.17) is 9.47 Å². The van der Waals surface area contributed by atoms with Crippen LogP contribution in [0, 0.1) is 23.2 Å². The van der Waals surface area contributed by atoms with Crippen LogP contribution < -0.4 is 0 Å². The molecule has 3 fully saturated rings. The summed E-state index contributed by atoms with van der Waals surface area (Å²) < 4.78 is 12.4. The predicted octanol–water partition coefficient (Wildman–Crippen LogP) is 4.56. The zero-order valence-electron chi connectivity index (χ0n) is 27.0. The summed E-state index contributed by atoms with van der Waals surface area (Å²) in [5.74, 6) is -3.06. The van der Waals surface area contributed by atoms with Gasteiger partial charge in [-0.2, -0.15) is 0 Å². The number of carbonyl (C=O) groups excluding carboxylic acids is 3. The van der Waals surface area contributed by atoms with Gasteiger partial charge in [0.25, 0.3) is 0 Å². The molecule has 3 saturated heterocycles. The Kier molecular flexibility index (Phi) is 9.07. The van der Waals surface area contributed by atoms with Crippen LogP contribution >= 0.6 is 0 Å². The van der Waals surface area contributed by atoms with E-state index in [1.54, 1.807) is 15.9 Å². The highest BCUT2D eigenvalue weighted by Gasteiger charge is 2.81. The number of fused-ring (bicyclic) bond motifs is 1. The SMILES string of the molecule is C=CCOC(=O)[C@H]1[C@H]2C(=O)N([C@@H](CO)Cc3ccccc3)C(C(=O)N(CC=C)C(C)(C)CC(C)(C)C)C23CC(C)[C@]1(C)O3. The monoisotopic (exact) mass is 594 g/mol. The Bertz CT molecular complexity index is 1240. The molecule has 0 radical (unpaired) electrons. The number of aliphatic hydroxyl groups is 1. The standard InChI is InChI=1S/C35H50N2O6/c1-10-17-36(33(7,8)22-32(4,5)6)30(40)28-35-20-23(3)34(9,43-35)27(31(41)42-18-11-2)26(35)29(39)37(28)25(21-38)19-24-15-13-12-14-16-24/h10-16,23,25-28,38H,1-2,17-22H2,3-9H3/t23?,25-,26+,27-,28?,34+,35?/m1/s1. The van der Waals surface area contributed by atoms with Crippen LogP contribution in [0.4, 0.5) is 0 Å². The molecule has 3 heterocycles. The molecule has 4 rings (SSSR count). The van der Waals surface area contributed by atoms with E-state index in [0.29, 0.717) is 19.3 Å². The predicted molar refractivity (Wildman–Crippen MR) is 166 cm³/mol. The first-order chi connectivity index (χ1) is 20.1. The van der Waals surface area contributed by atoms with Crippen LogP contribution in [-0.4, -0.2) is 81.3 Å². The van der Waals surface area contributed by atoms with Crippen molar-refractivity contribution in [3.05, 3.63) is 61.2 Å². The minimum atomic E-state index is -1.25. The Morgan fingerprint density at radius 2 is 1.84 bits per heavy atom. The molecule has 7 atom stereocenters. The molecule has 2 amide bonds. The van der Waals surface area contributed by atoms with Gasteiger partial charge >= 0.3 is 5.97 Å². The third-order valence-corrected chi connectivity index (χ3v) is 9.77. The quantitative estimate of drug-likeness (QED) is 0.282. The van der Waals surface area contributed by atoms with E-state index in [-0.39, 0.29) is 42.9 Å². The molecule has 3 unspecified atom stereocenters. The molecule has 3 aliphatic rings. The molecule has 1 aromatic rings. The fraction of sp³-hybridized carbons (Fsp3) is 0.629. The molecular formula is C35H50N2O6. The van der Waals surface area contributed by atoms with Crippen molar-refractivity contribution in [3.63, 3.8) is 0 Å². The lowest BCUT2D eigenvalue weighted by Gasteiger charge is -2.46. The molecule has 0 aromatic heterocycles. The first-order valence-electron chi connectivity index (χ1n) is 15.4. The van der Waals surface area contributed by atoms with Gasteiger partial charge in [-0.3, -0.25) is 14.4 Å². The fourth-order valence-corrected chi connectivity index (χ4v) is 8.38. The largest absolute Gasteiger partial charge is 0.461 e. The number of rotatable bonds is 12. The Balaban J connectivity index is 1.88. The third kappa shape index (κ3) is 5.68. The molecule has 1 spiro atoms. The van der Waals surface area contributed by atoms with Crippen molar-refractivity contribution in [2.45, 2.75) is 96.6 Å². The molecule has 0 saturated carbocycles. The van der Waals surface area contributed by atoms with Crippen molar-refractivity contribution >= 4 is 17.8 Å². The van der Waals surface area contributed by atoms with Crippen LogP contribution in [0.5, 0.6) is 0 Å². The van der Waals surface area contributed by atoms with Crippen molar-refractivity contribution < 1.29 is 29.0 Å². The Hall–Kier alpha value is -2.97. The van der Waals surface area contributed by atoms with Crippen LogP contribution in [0.1, 0.15) is 66.9 Å². The first kappa shape index (κ1) is 32.9. The van der Waals surface area contributed by atoms with Gasteiger partial charge in [-0.25, -0.2) is 0 Å². The van der Waals surface area contributed by atoms with E-state index in [0.717, 1.165) is 5.56 Å². The highest BCUT2D eigenvalue weighted by atomic mass is 16.6. The third-order valence-electron chi connectivity index (χ3n) is 9.77. The van der Waals surface area contributed by atoms with Gasteiger partial charge in [0.2, 0.25) is 11.8 Å². The summed E-state index contributed by atoms with van der Waals surface area (Å²) in [5.41, 5.74) is -1.97. The number of hydrogen-bond acceptors (Lipinski definition) is 6. The van der Waals surface area contributed by atoms with Gasteiger partial charge in [0.05, 0.1) is 24.2 Å². The number of carbonyl (C=O) groups is 3. The number of nitrogens with zero attached hydrogens (tertiary/aromatic N) is 2. The van der Waals surface area contributed by atoms with Crippen molar-refractivity contribution in [1.82, 2.24) is 9.80 Å². The van der Waals surface area contributed by atoms with Gasteiger partial charge < -0.3 is 24.4 Å². The molecular weight excluding hydrogens is 544 g/mol. The average molecular weight is 595 g/mol. The first-order valence-corrected chi connectivity index (χ1v) is 15.4. The zero-order valence-corrected chi connectivity index (χ0v) is 27.0. The van der Waals surface area contributed by atoms with Crippen LogP contribution in [-0.2, 0) is 30.3 Å². The lowest BCUT2D eigenvalue weighted by Crippen LogP contribution is -2.62. The van der Waals surface area contributed by atoms with Gasteiger partial charge in [0.15, 0.2) is 0 Å². The minimum Gasteiger partial charge on any atom is -0.461 e. The molecule has 8 nitrogen and oxygen atoms in total. The van der Waals surface area contributed by atoms with Crippen molar-refractivity contribution in [2.75, 3.05) is 19.8 Å². The van der Waals surface area contributed by atoms with Crippen molar-refractivity contribution in [3.8, 4) is 0 Å². The highest BCUT2D eigenvalue weighted by Crippen LogP contribution is 2.66. The summed E-state index contributed by atoms with van der Waals surface area (Å²) in [4.78, 5) is 46.7. The smallest absolute Gasteiger partial charge is 0.313 e. The number of aliphatic hydroxyl groups excluding tert-OH is 1. The van der Waals surface area contributed by atoms with E-state index < -0.39 is 46.6 Å². The minimum absolute atomic E-state index is 0.0150. The van der Waals surface area contributed by atoms with E-state index in [9.17, 15) is 14.7 Å². The Morgan fingerprint density at radius 3 is 2.40 bits per heavy atom. The Morgan fingerprint density at radius 1 is 1.19 bits per heavy atom. The molecule has 1 aromatic carbocycles. The lowest BCUT2D eigenvalue weighted by atomic mass is 9.62. The van der Waals surface area contributed by atoms with E-state index in [1.807, 2.05) is 58.0 Å². The molecule has 43 heavy (non-hydrogen) atoms. The zero-order chi connectivity index (χ0) is 32.0. The summed E-state index contributed by atoms with van der Waals surface area (Å²) in [5, 5.41) is 10.8. The number of hydrogen-bond donors (Lipinski definition) is 1. The van der Waals surface area contributed by atoms with E-state index in [1.165, 1.54) is 6.08 Å². The van der Waals surface area contributed by atoms with Crippen LogP contribution in [0.25, 0.3) is 0 Å². The second-order valence-electron chi connectivity index (χ2n) is 14.7. The van der Waals surface area contributed by atoms with Gasteiger partial charge in [-0.15, -0.1) is 6.58 Å². The van der Waals surface area contributed by atoms with Crippen molar-refractivity contribution in [2.24, 2.45) is 23.2 Å². The fourth-order valence-electron chi connectivity index (χ4n) is 8.38. The van der Waals surface area contributed by atoms with Gasteiger partial charge in [-0.05, 0) is 56.9 Å². The number of esters is 1. The summed E-state index contributed by atoms with van der Waals surface area (Å²) in [6.45, 7) is 21.9. The molecule has 1 N–H and O–H groups in total. The number of likely N-dealkylation sites (tertiary alicyclic amines) is 1. The maximum absolute atomic E-state index is 15.1. The molecule has 3 aliphatic heterocycles. The number of ether oxygens (including phenoxy) is 2. The number of amides is 2. The second-order valence-corrected chi connectivity index (χ2v) is 14.7. The summed E-state index contributed by atoms with van der Waals surface area (Å²) in [7, 11) is 0. The number of benzene rings is 1. The normalized spacial score (nSPS) is 30.6. The lowest BCUT2D eigenvalue weighted by molar-refractivity contribution is -0.164. The molecule has 236 valence electrons. The van der Waals surface area contributed by atoms with Crippen LogP contribution in [0.15, 0.2) is 55.6 Å². The molecule has 8 heteroatoms. The second kappa shape index (κ2) is 11.8. The van der Waals surface area contributed by atoms with Crippen LogP contribution in [0.3, 0.4) is 0 Å². The van der Waals surface area contributed by atoms with E-state index in [2.05, 4.69) is 33.9 Å². The van der Waals surface area contributed by atoms with Crippen LogP contribution in [0.2, 0.25) is 0 Å². The highest BCUT2D eigenvalue weighted by molar-refractivity contribution is 5.99. The Labute approximate surface area is 257 Å². The van der Waals surface area contributed by atoms with Gasteiger partial charge in [-0.1, -0.05) is 76.8 Å². The average Bonchev–Trinajstić information content (AvgIpc) is 3.44. The topological polar surface area (TPSA) is 96.4 Å². The maximum Gasteiger partial charge on any atom is 0.313 e. The maximum atomic E-state index is 15.1. The summed E-state index contributed by atoms with van der Waals surface area (Å²) in [6.07, 6.45) is 4.69. The summed E-state index contributed by atoms with van der Waals surface area (Å²) in [6, 6.07) is 7.87. The van der Waals surface area contributed by atoms with Gasteiger partial charge in [0.1, 0.15) is 24.2 Å². The van der Waals surface area contributed by atoms with Gasteiger partial charge in [0, 0.05) is 12.1 Å². The molecule has 0 aliphatic carbocycles. The van der Waals surface area contributed by atoms with Crippen molar-refractivity contribution in [1.29, 1.82) is 0 Å².